The summed E-state index contributed by atoms with van der Waals surface area (Å²) in [5, 5.41) is 19.8. The number of aliphatic hydroxyl groups excluding tert-OH is 2. The maximum absolute atomic E-state index is 12.4. The Balaban J connectivity index is 2.14. The van der Waals surface area contributed by atoms with Gasteiger partial charge < -0.3 is 19.7 Å². The lowest BCUT2D eigenvalue weighted by Crippen LogP contribution is -2.42. The minimum atomic E-state index is -0.681. The molecular formula is C17H24N2O3. The van der Waals surface area contributed by atoms with Gasteiger partial charge in [0.1, 0.15) is 6.54 Å². The number of aliphatic hydroxyl groups is 2. The molecule has 1 aromatic carbocycles. The summed E-state index contributed by atoms with van der Waals surface area (Å²) in [7, 11) is 1.70. The lowest BCUT2D eigenvalue weighted by atomic mass is 9.92. The smallest absolute Gasteiger partial charge is 0.242 e. The second-order valence-electron chi connectivity index (χ2n) is 6.33. The van der Waals surface area contributed by atoms with E-state index in [0.29, 0.717) is 6.54 Å². The quantitative estimate of drug-likeness (QED) is 0.848. The molecule has 5 nitrogen and oxygen atoms in total. The first-order valence-electron chi connectivity index (χ1n) is 7.40. The Morgan fingerprint density at radius 2 is 1.91 bits per heavy atom. The first kappa shape index (κ1) is 16.5. The minimum absolute atomic E-state index is 0.0473. The topological polar surface area (TPSA) is 65.7 Å². The molecule has 1 aromatic heterocycles. The third kappa shape index (κ3) is 3.31. The van der Waals surface area contributed by atoms with E-state index >= 15 is 0 Å². The highest BCUT2D eigenvalue weighted by atomic mass is 16.3. The Labute approximate surface area is 130 Å². The molecule has 0 saturated heterocycles. The van der Waals surface area contributed by atoms with Crippen molar-refractivity contribution in [1.29, 1.82) is 0 Å². The first-order chi connectivity index (χ1) is 10.4. The van der Waals surface area contributed by atoms with Gasteiger partial charge in [0.2, 0.25) is 5.91 Å². The molecule has 0 spiro atoms. The summed E-state index contributed by atoms with van der Waals surface area (Å²) >= 11 is 0. The monoisotopic (exact) mass is 304 g/mol. The van der Waals surface area contributed by atoms with Crippen LogP contribution >= 0.6 is 0 Å². The van der Waals surface area contributed by atoms with Crippen LogP contribution in [-0.2, 0) is 11.3 Å². The van der Waals surface area contributed by atoms with Crippen molar-refractivity contribution in [3.8, 4) is 0 Å². The molecule has 0 bridgehead atoms. The molecule has 1 amide bonds. The molecule has 2 rings (SSSR count). The highest BCUT2D eigenvalue weighted by Crippen LogP contribution is 2.21. The fraction of sp³-hybridized carbons (Fsp3) is 0.471. The predicted molar refractivity (Wildman–Crippen MR) is 86.6 cm³/mol. The fourth-order valence-corrected chi connectivity index (χ4v) is 2.64. The number of benzene rings is 1. The van der Waals surface area contributed by atoms with Gasteiger partial charge in [-0.05, 0) is 18.6 Å². The number of aromatic nitrogens is 1. The first-order valence-corrected chi connectivity index (χ1v) is 7.40. The number of hydrogen-bond acceptors (Lipinski definition) is 3. The van der Waals surface area contributed by atoms with Gasteiger partial charge in [-0.1, -0.05) is 25.1 Å². The van der Waals surface area contributed by atoms with Crippen molar-refractivity contribution in [1.82, 2.24) is 9.47 Å². The summed E-state index contributed by atoms with van der Waals surface area (Å²) in [6.07, 6.45) is 1.98. The Hall–Kier alpha value is -1.85. The van der Waals surface area contributed by atoms with Gasteiger partial charge in [-0.2, -0.15) is 0 Å². The number of fused-ring (bicyclic) bond motifs is 1. The van der Waals surface area contributed by atoms with Crippen molar-refractivity contribution in [2.24, 2.45) is 5.41 Å². The van der Waals surface area contributed by atoms with Crippen LogP contribution in [0.5, 0.6) is 0 Å². The normalized spacial score (nSPS) is 11.9. The van der Waals surface area contributed by atoms with E-state index < -0.39 is 5.41 Å². The summed E-state index contributed by atoms with van der Waals surface area (Å²) < 4.78 is 1.94. The average Bonchev–Trinajstić information content (AvgIpc) is 2.84. The van der Waals surface area contributed by atoms with Crippen molar-refractivity contribution in [2.45, 2.75) is 20.4 Å². The molecule has 0 atom stereocenters. The van der Waals surface area contributed by atoms with Crippen molar-refractivity contribution < 1.29 is 15.0 Å². The van der Waals surface area contributed by atoms with Crippen molar-refractivity contribution in [2.75, 3.05) is 26.8 Å². The molecule has 0 aliphatic heterocycles. The van der Waals surface area contributed by atoms with Gasteiger partial charge in [-0.3, -0.25) is 4.79 Å². The number of carbonyl (C=O) groups excluding carboxylic acids is 1. The molecule has 2 aromatic rings. The van der Waals surface area contributed by atoms with Gasteiger partial charge in [0, 0.05) is 36.1 Å². The molecule has 0 radical (unpaired) electrons. The summed E-state index contributed by atoms with van der Waals surface area (Å²) in [6, 6.07) is 7.99. The molecular weight excluding hydrogens is 280 g/mol. The van der Waals surface area contributed by atoms with Crippen LogP contribution in [0.25, 0.3) is 10.9 Å². The predicted octanol–water partition coefficient (Wildman–Crippen LogP) is 1.40. The zero-order valence-corrected chi connectivity index (χ0v) is 13.4. The molecule has 0 aliphatic carbocycles. The highest BCUT2D eigenvalue weighted by molar-refractivity contribution is 5.85. The summed E-state index contributed by atoms with van der Waals surface area (Å²) in [5.74, 6) is -0.0473. The Bertz CT molecular complexity index is 659. The van der Waals surface area contributed by atoms with E-state index in [4.69, 9.17) is 0 Å². The molecule has 0 saturated carbocycles. The number of nitrogens with zero attached hydrogens (tertiary/aromatic N) is 2. The maximum Gasteiger partial charge on any atom is 0.242 e. The molecule has 0 unspecified atom stereocenters. The third-order valence-electron chi connectivity index (χ3n) is 4.10. The average molecular weight is 304 g/mol. The van der Waals surface area contributed by atoms with Crippen LogP contribution in [0.15, 0.2) is 30.5 Å². The zero-order chi connectivity index (χ0) is 16.3. The number of para-hydroxylation sites is 1. The number of amides is 1. The van der Waals surface area contributed by atoms with Gasteiger partial charge >= 0.3 is 0 Å². The van der Waals surface area contributed by atoms with Crippen LogP contribution in [0.3, 0.4) is 0 Å². The number of hydrogen-bond donors (Lipinski definition) is 2. The van der Waals surface area contributed by atoms with Crippen LogP contribution in [0, 0.1) is 12.3 Å². The molecule has 5 heteroatoms. The molecule has 120 valence electrons. The van der Waals surface area contributed by atoms with E-state index in [0.717, 1.165) is 16.5 Å². The second kappa shape index (κ2) is 6.50. The molecule has 1 heterocycles. The minimum Gasteiger partial charge on any atom is -0.396 e. The molecule has 22 heavy (non-hydrogen) atoms. The van der Waals surface area contributed by atoms with Crippen LogP contribution in [0.4, 0.5) is 0 Å². The largest absolute Gasteiger partial charge is 0.396 e. The molecule has 0 fully saturated rings. The van der Waals surface area contributed by atoms with Gasteiger partial charge in [0.05, 0.1) is 13.2 Å². The zero-order valence-electron chi connectivity index (χ0n) is 13.4. The van der Waals surface area contributed by atoms with Gasteiger partial charge in [0.25, 0.3) is 0 Å². The van der Waals surface area contributed by atoms with Gasteiger partial charge in [-0.15, -0.1) is 0 Å². The standard InChI is InChI=1S/C17H24N2O3/c1-13-8-19(15-7-5-4-6-14(13)15)9-16(22)18(3)10-17(2,11-20)12-21/h4-8,20-21H,9-12H2,1-3H3. The van der Waals surface area contributed by atoms with Crippen LogP contribution in [-0.4, -0.2) is 52.4 Å². The van der Waals surface area contributed by atoms with E-state index in [-0.39, 0.29) is 25.7 Å². The van der Waals surface area contributed by atoms with Gasteiger partial charge in [0.15, 0.2) is 0 Å². The lowest BCUT2D eigenvalue weighted by Gasteiger charge is -2.30. The van der Waals surface area contributed by atoms with E-state index in [1.807, 2.05) is 42.0 Å². The highest BCUT2D eigenvalue weighted by Gasteiger charge is 2.26. The van der Waals surface area contributed by atoms with E-state index in [2.05, 4.69) is 0 Å². The van der Waals surface area contributed by atoms with Crippen molar-refractivity contribution >= 4 is 16.8 Å². The number of carbonyl (C=O) groups is 1. The van der Waals surface area contributed by atoms with Gasteiger partial charge in [-0.25, -0.2) is 0 Å². The van der Waals surface area contributed by atoms with Crippen molar-refractivity contribution in [3.63, 3.8) is 0 Å². The third-order valence-corrected chi connectivity index (χ3v) is 4.10. The summed E-state index contributed by atoms with van der Waals surface area (Å²) in [5.41, 5.74) is 1.49. The Morgan fingerprint density at radius 3 is 2.55 bits per heavy atom. The van der Waals surface area contributed by atoms with E-state index in [9.17, 15) is 15.0 Å². The van der Waals surface area contributed by atoms with Crippen LogP contribution < -0.4 is 0 Å². The van der Waals surface area contributed by atoms with Crippen molar-refractivity contribution in [3.05, 3.63) is 36.0 Å². The number of rotatable bonds is 6. The maximum atomic E-state index is 12.4. The van der Waals surface area contributed by atoms with E-state index in [1.165, 1.54) is 0 Å². The summed E-state index contributed by atoms with van der Waals surface area (Å²) in [6.45, 7) is 4.03. The number of likely N-dealkylation sites (N-methyl/N-ethyl adjacent to an activating group) is 1. The van der Waals surface area contributed by atoms with Crippen LogP contribution in [0.1, 0.15) is 12.5 Å². The number of aryl methyl sites for hydroxylation is 1. The summed E-state index contributed by atoms with van der Waals surface area (Å²) in [4.78, 5) is 14.0. The van der Waals surface area contributed by atoms with Crippen LogP contribution in [0.2, 0.25) is 0 Å². The Kier molecular flexibility index (Phi) is 4.88. The molecule has 0 aliphatic rings. The fourth-order valence-electron chi connectivity index (χ4n) is 2.64. The lowest BCUT2D eigenvalue weighted by molar-refractivity contribution is -0.132. The van der Waals surface area contributed by atoms with E-state index in [1.54, 1.807) is 18.9 Å². The molecule has 2 N–H and O–H groups in total. The second-order valence-corrected chi connectivity index (χ2v) is 6.33. The SMILES string of the molecule is Cc1cn(CC(=O)N(C)CC(C)(CO)CO)c2ccccc12. The Morgan fingerprint density at radius 1 is 1.27 bits per heavy atom.